The molecule has 0 saturated carbocycles. The summed E-state index contributed by atoms with van der Waals surface area (Å²) in [4.78, 5) is 24.4. The molecule has 14 heteroatoms. The number of carbonyl (C=O) groups excluding carboxylic acids is 2. The number of fused-ring (bicyclic) bond motifs is 1. The molecule has 2 rings (SSSR count). The number of alkyl halides is 9. The highest BCUT2D eigenvalue weighted by atomic mass is 32.1. The van der Waals surface area contributed by atoms with Crippen molar-refractivity contribution < 1.29 is 53.8 Å². The maximum atomic E-state index is 13.9. The first kappa shape index (κ1) is 25.3. The summed E-state index contributed by atoms with van der Waals surface area (Å²) in [6.45, 7) is 0. The average molecular weight is 485 g/mol. The number of rotatable bonds is 5. The molecule has 1 heterocycles. The quantitative estimate of drug-likeness (QED) is 0.437. The summed E-state index contributed by atoms with van der Waals surface area (Å²) in [7, 11) is 0.924. The Hall–Kier alpha value is -1.99. The monoisotopic (exact) mass is 485 g/mol. The van der Waals surface area contributed by atoms with Gasteiger partial charge >= 0.3 is 35.8 Å². The predicted octanol–water partition coefficient (Wildman–Crippen LogP) is 5.60. The number of ether oxygens (including phenoxy) is 1. The first-order chi connectivity index (χ1) is 14.1. The zero-order valence-corrected chi connectivity index (χ0v) is 16.6. The van der Waals surface area contributed by atoms with E-state index in [1.54, 1.807) is 0 Å². The Kier molecular flexibility index (Phi) is 6.94. The van der Waals surface area contributed by atoms with Crippen LogP contribution in [0.4, 0.5) is 44.5 Å². The highest BCUT2D eigenvalue weighted by Crippen LogP contribution is 2.53. The highest BCUT2D eigenvalue weighted by Gasteiger charge is 2.83. The molecule has 0 aliphatic heterocycles. The second-order valence-corrected chi connectivity index (χ2v) is 7.89. The molecule has 0 saturated heterocycles. The summed E-state index contributed by atoms with van der Waals surface area (Å²) in [6, 6.07) is 0. The van der Waals surface area contributed by atoms with E-state index in [-0.39, 0.29) is 6.42 Å². The molecule has 1 N–H and O–H groups in total. The number of thiophene rings is 1. The van der Waals surface area contributed by atoms with Crippen molar-refractivity contribution in [2.45, 2.75) is 62.5 Å². The Balaban J connectivity index is 2.46. The third-order valence-electron chi connectivity index (χ3n) is 4.72. The fourth-order valence-electron chi connectivity index (χ4n) is 3.02. The van der Waals surface area contributed by atoms with Gasteiger partial charge in [-0.1, -0.05) is 12.8 Å². The molecular formula is C17H16F9NO3S. The maximum Gasteiger partial charge on any atom is 0.460 e. The van der Waals surface area contributed by atoms with Gasteiger partial charge in [-0.15, -0.1) is 11.3 Å². The second-order valence-electron chi connectivity index (χ2n) is 6.79. The number of methoxy groups -OCH3 is 1. The number of hydrogen-bond donors (Lipinski definition) is 1. The molecule has 1 aromatic rings. The van der Waals surface area contributed by atoms with Crippen LogP contribution < -0.4 is 5.32 Å². The van der Waals surface area contributed by atoms with Gasteiger partial charge in [0.2, 0.25) is 0 Å². The number of nitrogens with one attached hydrogen (secondary N) is 1. The highest BCUT2D eigenvalue weighted by molar-refractivity contribution is 7.17. The molecule has 0 unspecified atom stereocenters. The number of hydrogen-bond acceptors (Lipinski definition) is 4. The topological polar surface area (TPSA) is 55.4 Å². The van der Waals surface area contributed by atoms with Gasteiger partial charge in [0.15, 0.2) is 0 Å². The van der Waals surface area contributed by atoms with E-state index in [0.29, 0.717) is 41.0 Å². The van der Waals surface area contributed by atoms with Crippen molar-refractivity contribution >= 4 is 28.2 Å². The van der Waals surface area contributed by atoms with Gasteiger partial charge in [0.1, 0.15) is 5.00 Å². The van der Waals surface area contributed by atoms with Gasteiger partial charge in [0, 0.05) is 4.88 Å². The van der Waals surface area contributed by atoms with Crippen molar-refractivity contribution in [3.05, 3.63) is 16.0 Å². The molecule has 0 spiro atoms. The lowest BCUT2D eigenvalue weighted by molar-refractivity contribution is -0.388. The van der Waals surface area contributed by atoms with Gasteiger partial charge in [-0.2, -0.15) is 39.5 Å². The lowest BCUT2D eigenvalue weighted by Gasteiger charge is -2.32. The second kappa shape index (κ2) is 8.51. The molecule has 0 aromatic carbocycles. The van der Waals surface area contributed by atoms with Crippen LogP contribution in [0.3, 0.4) is 0 Å². The summed E-state index contributed by atoms with van der Waals surface area (Å²) in [5.41, 5.74) is -0.0954. The lowest BCUT2D eigenvalue weighted by Crippen LogP contribution is -2.64. The van der Waals surface area contributed by atoms with Crippen LogP contribution in [-0.4, -0.2) is 42.9 Å². The normalized spacial score (nSPS) is 16.2. The van der Waals surface area contributed by atoms with Crippen LogP contribution in [0.15, 0.2) is 0 Å². The zero-order valence-electron chi connectivity index (χ0n) is 15.8. The van der Waals surface area contributed by atoms with Crippen molar-refractivity contribution in [2.24, 2.45) is 0 Å². The number of esters is 1. The van der Waals surface area contributed by atoms with E-state index < -0.39 is 46.4 Å². The van der Waals surface area contributed by atoms with E-state index >= 15 is 0 Å². The van der Waals surface area contributed by atoms with E-state index in [0.717, 1.165) is 20.0 Å². The summed E-state index contributed by atoms with van der Waals surface area (Å²) < 4.78 is 122. The molecule has 1 aliphatic rings. The van der Waals surface area contributed by atoms with Crippen molar-refractivity contribution in [3.63, 3.8) is 0 Å². The third-order valence-corrected chi connectivity index (χ3v) is 5.92. The van der Waals surface area contributed by atoms with Gasteiger partial charge < -0.3 is 10.1 Å². The number of carbonyl (C=O) groups is 2. The Morgan fingerprint density at radius 2 is 1.42 bits per heavy atom. The molecule has 0 atom stereocenters. The van der Waals surface area contributed by atoms with Gasteiger partial charge in [-0.25, -0.2) is 4.79 Å². The van der Waals surface area contributed by atoms with Crippen molar-refractivity contribution in [1.82, 2.24) is 0 Å². The van der Waals surface area contributed by atoms with Crippen molar-refractivity contribution in [3.8, 4) is 0 Å². The van der Waals surface area contributed by atoms with Gasteiger partial charge in [0.05, 0.1) is 12.7 Å². The van der Waals surface area contributed by atoms with E-state index in [1.165, 1.54) is 5.32 Å². The first-order valence-electron chi connectivity index (χ1n) is 8.84. The summed E-state index contributed by atoms with van der Waals surface area (Å²) in [5, 5.41) is 0.556. The minimum atomic E-state index is -7.20. The molecular weight excluding hydrogens is 469 g/mol. The molecule has 1 aliphatic carbocycles. The van der Waals surface area contributed by atoms with E-state index in [4.69, 9.17) is 0 Å². The Bertz CT molecular complexity index is 849. The average Bonchev–Trinajstić information content (AvgIpc) is 2.95. The number of halogens is 9. The van der Waals surface area contributed by atoms with Crippen LogP contribution >= 0.6 is 11.3 Å². The molecule has 1 aromatic heterocycles. The van der Waals surface area contributed by atoms with Gasteiger partial charge in [-0.05, 0) is 31.2 Å². The van der Waals surface area contributed by atoms with Crippen LogP contribution in [0.25, 0.3) is 0 Å². The number of anilines is 1. The Labute approximate surface area is 173 Å². The third kappa shape index (κ3) is 4.35. The molecule has 0 radical (unpaired) electrons. The van der Waals surface area contributed by atoms with E-state index in [9.17, 15) is 49.1 Å². The van der Waals surface area contributed by atoms with Crippen LogP contribution in [0, 0.1) is 0 Å². The molecule has 31 heavy (non-hydrogen) atoms. The standard InChI is InChI=1S/C17H16F9NO3S/c1-30-12(28)10-8-6-4-2-3-5-7-9(8)31-11(10)27-13(29)14(18,19)15(20,21)16(22,23)17(24,25)26/h2-7H2,1H3,(H,27,29). The summed E-state index contributed by atoms with van der Waals surface area (Å²) in [5.74, 6) is -25.0. The first-order valence-corrected chi connectivity index (χ1v) is 9.65. The maximum absolute atomic E-state index is 13.9. The van der Waals surface area contributed by atoms with Crippen LogP contribution in [0.2, 0.25) is 0 Å². The minimum absolute atomic E-state index is 0.269. The van der Waals surface area contributed by atoms with E-state index in [2.05, 4.69) is 4.74 Å². The van der Waals surface area contributed by atoms with Crippen LogP contribution in [-0.2, 0) is 22.4 Å². The number of aryl methyl sites for hydroxylation is 1. The smallest absolute Gasteiger partial charge is 0.460 e. The van der Waals surface area contributed by atoms with E-state index in [1.807, 2.05) is 0 Å². The fraction of sp³-hybridized carbons (Fsp3) is 0.647. The van der Waals surface area contributed by atoms with Crippen molar-refractivity contribution in [2.75, 3.05) is 12.4 Å². The molecule has 0 bridgehead atoms. The molecule has 0 fully saturated rings. The Morgan fingerprint density at radius 3 is 1.94 bits per heavy atom. The van der Waals surface area contributed by atoms with Gasteiger partial charge in [-0.3, -0.25) is 4.79 Å². The Morgan fingerprint density at radius 1 is 0.871 bits per heavy atom. The van der Waals surface area contributed by atoms with Gasteiger partial charge in [0.25, 0.3) is 0 Å². The zero-order chi connectivity index (χ0) is 23.8. The van der Waals surface area contributed by atoms with Crippen LogP contribution in [0.5, 0.6) is 0 Å². The van der Waals surface area contributed by atoms with Crippen molar-refractivity contribution in [1.29, 1.82) is 0 Å². The van der Waals surface area contributed by atoms with Crippen LogP contribution in [0.1, 0.15) is 46.5 Å². The largest absolute Gasteiger partial charge is 0.465 e. The minimum Gasteiger partial charge on any atom is -0.465 e. The summed E-state index contributed by atoms with van der Waals surface area (Å²) in [6.07, 6.45) is -3.63. The molecule has 1 amide bonds. The SMILES string of the molecule is COC(=O)c1c(NC(=O)C(F)(F)C(F)(F)C(F)(F)C(F)(F)F)sc2c1CCCCCC2. The lowest BCUT2D eigenvalue weighted by atomic mass is 9.96. The predicted molar refractivity (Wildman–Crippen MR) is 91.1 cm³/mol. The summed E-state index contributed by atoms with van der Waals surface area (Å²) >= 11 is 0.576. The molecule has 4 nitrogen and oxygen atoms in total. The number of amides is 1. The fourth-order valence-corrected chi connectivity index (χ4v) is 4.30. The molecule has 176 valence electrons.